The lowest BCUT2D eigenvalue weighted by Crippen LogP contribution is -2.60. The minimum absolute atomic E-state index is 0.442. The molecule has 2 atom stereocenters. The molecule has 0 aromatic heterocycles. The monoisotopic (exact) mass is 224 g/mol. The molecule has 0 radical (unpaired) electrons. The Morgan fingerprint density at radius 1 is 1.19 bits per heavy atom. The predicted octanol–water partition coefficient (Wildman–Crippen LogP) is 5.52. The number of hydrogen-bond donors (Lipinski definition) is 0. The van der Waals surface area contributed by atoms with E-state index >= 15 is 0 Å². The van der Waals surface area contributed by atoms with Gasteiger partial charge in [0.05, 0.1) is 0 Å². The van der Waals surface area contributed by atoms with Gasteiger partial charge >= 0.3 is 0 Å². The van der Waals surface area contributed by atoms with Gasteiger partial charge in [-0.2, -0.15) is 0 Å². The first-order valence-corrected chi connectivity index (χ1v) is 7.04. The molecule has 0 aliphatic heterocycles. The Morgan fingerprint density at radius 2 is 1.69 bits per heavy atom. The molecule has 1 saturated carbocycles. The molecule has 2 unspecified atom stereocenters. The Labute approximate surface area is 103 Å². The van der Waals surface area contributed by atoms with E-state index in [0.29, 0.717) is 16.2 Å². The Hall–Kier alpha value is 0. The summed E-state index contributed by atoms with van der Waals surface area (Å²) in [5.41, 5.74) is 1.52. The smallest absolute Gasteiger partial charge is 0.0192 e. The van der Waals surface area contributed by atoms with Gasteiger partial charge in [0.15, 0.2) is 0 Å². The van der Waals surface area contributed by atoms with E-state index in [1.54, 1.807) is 0 Å². The van der Waals surface area contributed by atoms with E-state index < -0.39 is 0 Å². The van der Waals surface area contributed by atoms with Crippen LogP contribution in [0.1, 0.15) is 74.7 Å². The largest absolute Gasteiger partial charge is 0.0628 e. The third kappa shape index (κ3) is 1.93. The van der Waals surface area contributed by atoms with Crippen LogP contribution in [0.15, 0.2) is 0 Å². The first-order valence-electron chi connectivity index (χ1n) is 7.04. The molecule has 0 N–H and O–H groups in total. The lowest BCUT2D eigenvalue weighted by atomic mass is 9.37. The SMILES string of the molecule is CC(C)CCC1(C(C)(C)C)CC(C)C1(C)C. The maximum atomic E-state index is 2.49. The van der Waals surface area contributed by atoms with Crippen molar-refractivity contribution in [2.75, 3.05) is 0 Å². The molecule has 0 heterocycles. The highest BCUT2D eigenvalue weighted by Crippen LogP contribution is 2.69. The second-order valence-corrected chi connectivity index (χ2v) is 8.09. The van der Waals surface area contributed by atoms with Gasteiger partial charge in [-0.3, -0.25) is 0 Å². The van der Waals surface area contributed by atoms with E-state index in [1.807, 2.05) is 0 Å². The lowest BCUT2D eigenvalue weighted by molar-refractivity contribution is -0.187. The zero-order chi connectivity index (χ0) is 12.8. The summed E-state index contributed by atoms with van der Waals surface area (Å²) in [5, 5.41) is 0. The van der Waals surface area contributed by atoms with E-state index in [-0.39, 0.29) is 0 Å². The average molecular weight is 224 g/mol. The van der Waals surface area contributed by atoms with Crippen molar-refractivity contribution in [3.05, 3.63) is 0 Å². The van der Waals surface area contributed by atoms with Crippen LogP contribution < -0.4 is 0 Å². The summed E-state index contributed by atoms with van der Waals surface area (Å²) in [6.45, 7) is 19.5. The Bertz CT molecular complexity index is 241. The van der Waals surface area contributed by atoms with Gasteiger partial charge in [-0.25, -0.2) is 0 Å². The summed E-state index contributed by atoms with van der Waals surface area (Å²) >= 11 is 0. The van der Waals surface area contributed by atoms with Gasteiger partial charge in [0.2, 0.25) is 0 Å². The summed E-state index contributed by atoms with van der Waals surface area (Å²) in [6.07, 6.45) is 4.22. The molecule has 1 fully saturated rings. The maximum absolute atomic E-state index is 2.49. The fraction of sp³-hybridized carbons (Fsp3) is 1.00. The molecule has 0 bridgehead atoms. The molecule has 0 aromatic rings. The van der Waals surface area contributed by atoms with E-state index in [1.165, 1.54) is 19.3 Å². The van der Waals surface area contributed by atoms with Crippen molar-refractivity contribution in [2.24, 2.45) is 28.1 Å². The lowest BCUT2D eigenvalue weighted by Gasteiger charge is -2.67. The molecule has 1 aliphatic carbocycles. The van der Waals surface area contributed by atoms with Crippen molar-refractivity contribution in [1.29, 1.82) is 0 Å². The zero-order valence-electron chi connectivity index (χ0n) is 12.8. The third-order valence-corrected chi connectivity index (χ3v) is 5.70. The van der Waals surface area contributed by atoms with Crippen LogP contribution in [0.25, 0.3) is 0 Å². The summed E-state index contributed by atoms with van der Waals surface area (Å²) in [4.78, 5) is 0. The second-order valence-electron chi connectivity index (χ2n) is 8.09. The molecule has 0 nitrogen and oxygen atoms in total. The summed E-state index contributed by atoms with van der Waals surface area (Å²) < 4.78 is 0. The molecular formula is C16H32. The Kier molecular flexibility index (Phi) is 3.54. The molecule has 0 saturated heterocycles. The number of hydrogen-bond acceptors (Lipinski definition) is 0. The van der Waals surface area contributed by atoms with Crippen LogP contribution in [0.3, 0.4) is 0 Å². The quantitative estimate of drug-likeness (QED) is 0.592. The van der Waals surface area contributed by atoms with Crippen LogP contribution in [0.5, 0.6) is 0 Å². The van der Waals surface area contributed by atoms with Crippen LogP contribution in [-0.2, 0) is 0 Å². The highest BCUT2D eigenvalue weighted by molar-refractivity contribution is 5.10. The maximum Gasteiger partial charge on any atom is -0.0192 e. The van der Waals surface area contributed by atoms with Crippen molar-refractivity contribution in [2.45, 2.75) is 74.7 Å². The van der Waals surface area contributed by atoms with Crippen molar-refractivity contribution in [3.8, 4) is 0 Å². The zero-order valence-corrected chi connectivity index (χ0v) is 12.8. The standard InChI is InChI=1S/C16H32/c1-12(2)9-10-16(14(4,5)6)11-13(3)15(16,7)8/h12-13H,9-11H2,1-8H3. The topological polar surface area (TPSA) is 0 Å². The minimum atomic E-state index is 0.442. The summed E-state index contributed by atoms with van der Waals surface area (Å²) in [7, 11) is 0. The van der Waals surface area contributed by atoms with Gasteiger partial charge in [0.25, 0.3) is 0 Å². The second kappa shape index (κ2) is 4.03. The van der Waals surface area contributed by atoms with Gasteiger partial charge in [-0.1, -0.05) is 61.8 Å². The minimum Gasteiger partial charge on any atom is -0.0628 e. The van der Waals surface area contributed by atoms with Crippen molar-refractivity contribution >= 4 is 0 Å². The van der Waals surface area contributed by atoms with Crippen LogP contribution >= 0.6 is 0 Å². The molecule has 96 valence electrons. The molecule has 16 heavy (non-hydrogen) atoms. The van der Waals surface area contributed by atoms with Crippen LogP contribution in [-0.4, -0.2) is 0 Å². The van der Waals surface area contributed by atoms with Crippen LogP contribution in [0, 0.1) is 28.1 Å². The van der Waals surface area contributed by atoms with Gasteiger partial charge in [-0.15, -0.1) is 0 Å². The Morgan fingerprint density at radius 3 is 1.94 bits per heavy atom. The average Bonchev–Trinajstić information content (AvgIpc) is 2.09. The first-order chi connectivity index (χ1) is 7.04. The highest BCUT2D eigenvalue weighted by atomic mass is 14.7. The third-order valence-electron chi connectivity index (χ3n) is 5.70. The molecule has 1 aliphatic rings. The van der Waals surface area contributed by atoms with Crippen LogP contribution in [0.2, 0.25) is 0 Å². The number of rotatable bonds is 3. The molecule has 0 spiro atoms. The normalized spacial score (nSPS) is 33.9. The van der Waals surface area contributed by atoms with Crippen molar-refractivity contribution in [1.82, 2.24) is 0 Å². The van der Waals surface area contributed by atoms with Crippen molar-refractivity contribution in [3.63, 3.8) is 0 Å². The molecule has 0 aromatic carbocycles. The first kappa shape index (κ1) is 14.1. The molecule has 1 rings (SSSR count). The van der Waals surface area contributed by atoms with E-state index in [2.05, 4.69) is 55.4 Å². The summed E-state index contributed by atoms with van der Waals surface area (Å²) in [6, 6.07) is 0. The van der Waals surface area contributed by atoms with Gasteiger partial charge in [-0.05, 0) is 40.9 Å². The van der Waals surface area contributed by atoms with Gasteiger partial charge in [0, 0.05) is 0 Å². The van der Waals surface area contributed by atoms with E-state index in [4.69, 9.17) is 0 Å². The fourth-order valence-corrected chi connectivity index (χ4v) is 3.99. The van der Waals surface area contributed by atoms with E-state index in [0.717, 1.165) is 11.8 Å². The molecule has 0 heteroatoms. The van der Waals surface area contributed by atoms with E-state index in [9.17, 15) is 0 Å². The highest BCUT2D eigenvalue weighted by Gasteiger charge is 2.62. The predicted molar refractivity (Wildman–Crippen MR) is 73.5 cm³/mol. The van der Waals surface area contributed by atoms with Gasteiger partial charge in [0.1, 0.15) is 0 Å². The van der Waals surface area contributed by atoms with Crippen molar-refractivity contribution < 1.29 is 0 Å². The molecular weight excluding hydrogens is 192 g/mol. The fourth-order valence-electron chi connectivity index (χ4n) is 3.99. The summed E-state index contributed by atoms with van der Waals surface area (Å²) in [5.74, 6) is 1.73. The Balaban J connectivity index is 2.89. The van der Waals surface area contributed by atoms with Crippen LogP contribution in [0.4, 0.5) is 0 Å². The van der Waals surface area contributed by atoms with Gasteiger partial charge < -0.3 is 0 Å². The molecule has 0 amide bonds.